The molecule has 0 amide bonds. The Morgan fingerprint density at radius 3 is 2.29 bits per heavy atom. The first kappa shape index (κ1) is 11.6. The smallest absolute Gasteiger partial charge is 0.133 e. The van der Waals surface area contributed by atoms with Crippen molar-refractivity contribution in [3.05, 3.63) is 48.0 Å². The van der Waals surface area contributed by atoms with Crippen molar-refractivity contribution in [2.45, 2.75) is 4.90 Å². The quantitative estimate of drug-likeness (QED) is 0.816. The van der Waals surface area contributed by atoms with E-state index in [1.54, 1.807) is 23.9 Å². The van der Waals surface area contributed by atoms with E-state index < -0.39 is 0 Å². The molecule has 0 aliphatic carbocycles. The summed E-state index contributed by atoms with van der Waals surface area (Å²) in [6.45, 7) is 0. The second kappa shape index (κ2) is 4.94. The average molecular weight is 241 g/mol. The van der Waals surface area contributed by atoms with Gasteiger partial charge in [0.15, 0.2) is 0 Å². The van der Waals surface area contributed by atoms with Gasteiger partial charge >= 0.3 is 0 Å². The lowest BCUT2D eigenvalue weighted by molar-refractivity contribution is 0.473. The van der Waals surface area contributed by atoms with Gasteiger partial charge in [-0.05, 0) is 41.6 Å². The molecule has 0 aromatic heterocycles. The molecule has 2 aromatic rings. The van der Waals surface area contributed by atoms with Crippen LogP contribution in [0.15, 0.2) is 47.4 Å². The fourth-order valence-electron chi connectivity index (χ4n) is 1.59. The number of hydrogen-bond donors (Lipinski definition) is 1. The molecule has 0 spiro atoms. The molecule has 1 N–H and O–H groups in total. The zero-order valence-corrected chi connectivity index (χ0v) is 10.2. The topological polar surface area (TPSA) is 44.0 Å². The number of aromatic hydroxyl groups is 1. The lowest BCUT2D eigenvalue weighted by Gasteiger charge is -2.04. The lowest BCUT2D eigenvalue weighted by Crippen LogP contribution is -1.81. The second-order valence-corrected chi connectivity index (χ2v) is 4.45. The Labute approximate surface area is 105 Å². The number of phenols is 1. The maximum absolute atomic E-state index is 9.44. The highest BCUT2D eigenvalue weighted by Gasteiger charge is 2.03. The van der Waals surface area contributed by atoms with Crippen LogP contribution >= 0.6 is 11.8 Å². The van der Waals surface area contributed by atoms with Crippen LogP contribution in [-0.4, -0.2) is 11.4 Å². The Hall–Kier alpha value is -1.92. The van der Waals surface area contributed by atoms with E-state index in [4.69, 9.17) is 5.26 Å². The molecule has 0 unspecified atom stereocenters. The Bertz CT molecular complexity index is 570. The molecule has 0 atom stereocenters. The average Bonchev–Trinajstić information content (AvgIpc) is 2.39. The third kappa shape index (κ3) is 2.43. The molecule has 17 heavy (non-hydrogen) atoms. The molecule has 0 bridgehead atoms. The predicted molar refractivity (Wildman–Crippen MR) is 70.0 cm³/mol. The normalized spacial score (nSPS) is 9.88. The second-order valence-electron chi connectivity index (χ2n) is 3.57. The third-order valence-corrected chi connectivity index (χ3v) is 3.28. The van der Waals surface area contributed by atoms with Crippen molar-refractivity contribution in [1.29, 1.82) is 5.26 Å². The van der Waals surface area contributed by atoms with Crippen LogP contribution in [0.4, 0.5) is 0 Å². The zero-order valence-electron chi connectivity index (χ0n) is 9.34. The Morgan fingerprint density at radius 1 is 1.06 bits per heavy atom. The number of rotatable bonds is 2. The van der Waals surface area contributed by atoms with Gasteiger partial charge in [-0.15, -0.1) is 11.8 Å². The van der Waals surface area contributed by atoms with Gasteiger partial charge in [-0.25, -0.2) is 0 Å². The summed E-state index contributed by atoms with van der Waals surface area (Å²) < 4.78 is 0. The maximum Gasteiger partial charge on any atom is 0.133 e. The van der Waals surface area contributed by atoms with E-state index in [2.05, 4.69) is 0 Å². The largest absolute Gasteiger partial charge is 0.507 e. The minimum atomic E-state index is 0.0250. The van der Waals surface area contributed by atoms with E-state index in [0.717, 1.165) is 11.1 Å². The van der Waals surface area contributed by atoms with Gasteiger partial charge in [0.25, 0.3) is 0 Å². The van der Waals surface area contributed by atoms with Crippen LogP contribution in [0.3, 0.4) is 0 Å². The molecule has 3 heteroatoms. The lowest BCUT2D eigenvalue weighted by atomic mass is 10.0. The standard InChI is InChI=1S/C14H11NOS/c1-17-13-5-2-10(3-6-13)11-4-7-14(16)12(8-11)9-15/h2-8,16H,1H3. The van der Waals surface area contributed by atoms with Gasteiger partial charge in [-0.1, -0.05) is 18.2 Å². The van der Waals surface area contributed by atoms with Crippen LogP contribution in [0.25, 0.3) is 11.1 Å². The minimum absolute atomic E-state index is 0.0250. The molecular formula is C14H11NOS. The molecule has 2 nitrogen and oxygen atoms in total. The molecule has 0 radical (unpaired) electrons. The highest BCUT2D eigenvalue weighted by atomic mass is 32.2. The van der Waals surface area contributed by atoms with Crippen molar-refractivity contribution >= 4 is 11.8 Å². The van der Waals surface area contributed by atoms with Crippen molar-refractivity contribution in [3.8, 4) is 22.9 Å². The fourth-order valence-corrected chi connectivity index (χ4v) is 2.00. The SMILES string of the molecule is CSc1ccc(-c2ccc(O)c(C#N)c2)cc1. The van der Waals surface area contributed by atoms with Crippen LogP contribution in [0.2, 0.25) is 0 Å². The molecule has 84 valence electrons. The summed E-state index contributed by atoms with van der Waals surface area (Å²) in [4.78, 5) is 1.20. The molecule has 0 saturated heterocycles. The molecule has 2 aromatic carbocycles. The first-order chi connectivity index (χ1) is 8.24. The summed E-state index contributed by atoms with van der Waals surface area (Å²) >= 11 is 1.69. The number of benzene rings is 2. The monoisotopic (exact) mass is 241 g/mol. The van der Waals surface area contributed by atoms with Crippen LogP contribution in [0.1, 0.15) is 5.56 Å². The summed E-state index contributed by atoms with van der Waals surface area (Å²) in [6, 6.07) is 15.1. The number of nitrogens with zero attached hydrogens (tertiary/aromatic N) is 1. The number of thioether (sulfide) groups is 1. The molecule has 0 saturated carbocycles. The van der Waals surface area contributed by atoms with E-state index in [-0.39, 0.29) is 5.75 Å². The summed E-state index contributed by atoms with van der Waals surface area (Å²) in [6.07, 6.45) is 2.03. The van der Waals surface area contributed by atoms with Crippen LogP contribution in [0.5, 0.6) is 5.75 Å². The van der Waals surface area contributed by atoms with Gasteiger partial charge < -0.3 is 5.11 Å². The maximum atomic E-state index is 9.44. The van der Waals surface area contributed by atoms with Crippen LogP contribution in [0, 0.1) is 11.3 Å². The van der Waals surface area contributed by atoms with Gasteiger partial charge in [-0.2, -0.15) is 5.26 Å². The summed E-state index contributed by atoms with van der Waals surface area (Å²) in [5.74, 6) is 0.0250. The molecule has 2 rings (SSSR count). The fraction of sp³-hybridized carbons (Fsp3) is 0.0714. The minimum Gasteiger partial charge on any atom is -0.507 e. The Morgan fingerprint density at radius 2 is 1.71 bits per heavy atom. The number of phenolic OH excluding ortho intramolecular Hbond substituents is 1. The van der Waals surface area contributed by atoms with Gasteiger partial charge in [-0.3, -0.25) is 0 Å². The van der Waals surface area contributed by atoms with E-state index >= 15 is 0 Å². The van der Waals surface area contributed by atoms with E-state index in [0.29, 0.717) is 5.56 Å². The number of hydrogen-bond acceptors (Lipinski definition) is 3. The number of nitriles is 1. The Balaban J connectivity index is 2.43. The van der Waals surface area contributed by atoms with Crippen molar-refractivity contribution in [1.82, 2.24) is 0 Å². The van der Waals surface area contributed by atoms with Crippen LogP contribution in [-0.2, 0) is 0 Å². The molecule has 0 aliphatic rings. The molecule has 0 aliphatic heterocycles. The van der Waals surface area contributed by atoms with Gasteiger partial charge in [0.05, 0.1) is 5.56 Å². The van der Waals surface area contributed by atoms with Crippen molar-refractivity contribution in [2.75, 3.05) is 6.26 Å². The summed E-state index contributed by atoms with van der Waals surface area (Å²) in [5.41, 5.74) is 2.28. The van der Waals surface area contributed by atoms with Gasteiger partial charge in [0, 0.05) is 4.90 Å². The van der Waals surface area contributed by atoms with Crippen LogP contribution < -0.4 is 0 Å². The molecule has 0 heterocycles. The molecular weight excluding hydrogens is 230 g/mol. The Kier molecular flexibility index (Phi) is 3.36. The van der Waals surface area contributed by atoms with Crippen molar-refractivity contribution in [2.24, 2.45) is 0 Å². The zero-order chi connectivity index (χ0) is 12.3. The van der Waals surface area contributed by atoms with E-state index in [1.165, 1.54) is 4.90 Å². The van der Waals surface area contributed by atoms with Gasteiger partial charge in [0.1, 0.15) is 11.8 Å². The summed E-state index contributed by atoms with van der Waals surface area (Å²) in [7, 11) is 0. The highest BCUT2D eigenvalue weighted by molar-refractivity contribution is 7.98. The van der Waals surface area contributed by atoms with Crippen molar-refractivity contribution in [3.63, 3.8) is 0 Å². The van der Waals surface area contributed by atoms with Crippen molar-refractivity contribution < 1.29 is 5.11 Å². The first-order valence-corrected chi connectivity index (χ1v) is 6.34. The highest BCUT2D eigenvalue weighted by Crippen LogP contribution is 2.27. The molecule has 0 fully saturated rings. The van der Waals surface area contributed by atoms with Gasteiger partial charge in [0.2, 0.25) is 0 Å². The van der Waals surface area contributed by atoms with E-state index in [9.17, 15) is 5.11 Å². The van der Waals surface area contributed by atoms with E-state index in [1.807, 2.05) is 42.7 Å². The summed E-state index contributed by atoms with van der Waals surface area (Å²) in [5, 5.41) is 18.3. The predicted octanol–water partition coefficient (Wildman–Crippen LogP) is 3.65. The first-order valence-electron chi connectivity index (χ1n) is 5.12. The third-order valence-electron chi connectivity index (χ3n) is 2.54.